The first kappa shape index (κ1) is 20.3. The Bertz CT molecular complexity index is 745. The molecule has 2 aliphatic rings. The lowest BCUT2D eigenvalue weighted by molar-refractivity contribution is -0.928. The number of hydrogen-bond donors (Lipinski definition) is 2. The second-order valence-corrected chi connectivity index (χ2v) is 9.74. The van der Waals surface area contributed by atoms with Gasteiger partial charge in [-0.1, -0.05) is 6.07 Å². The molecule has 0 bridgehead atoms. The predicted octanol–water partition coefficient (Wildman–Crippen LogP) is 1.05. The molecular formula is C20H32N3O3S+. The van der Waals surface area contributed by atoms with Crippen LogP contribution in [0.5, 0.6) is 0 Å². The molecule has 7 heteroatoms. The van der Waals surface area contributed by atoms with Crippen LogP contribution in [0.25, 0.3) is 0 Å². The maximum atomic E-state index is 12.7. The maximum Gasteiger partial charge on any atom is 0.251 e. The van der Waals surface area contributed by atoms with Crippen molar-refractivity contribution in [3.8, 4) is 0 Å². The summed E-state index contributed by atoms with van der Waals surface area (Å²) in [5, 5.41) is 2.94. The first-order valence-corrected chi connectivity index (χ1v) is 11.7. The summed E-state index contributed by atoms with van der Waals surface area (Å²) in [6.45, 7) is 6.36. The highest BCUT2D eigenvalue weighted by Crippen LogP contribution is 2.21. The third-order valence-corrected chi connectivity index (χ3v) is 7.74. The standard InChI is InChI=1S/C20H31N3O3S/c1-17-8-2-3-12-22(17)13-7-11-21-20(24)18-9-6-10-19(16-18)27(25,26)23-14-4-5-15-23/h6,9-10,16-17H,2-5,7-8,11-15H2,1H3,(H,21,24)/p+1/t17-/m0/s1. The van der Waals surface area contributed by atoms with Gasteiger partial charge in [0.1, 0.15) is 0 Å². The quantitative estimate of drug-likeness (QED) is 0.679. The number of nitrogens with zero attached hydrogens (tertiary/aromatic N) is 1. The zero-order chi connectivity index (χ0) is 19.3. The summed E-state index contributed by atoms with van der Waals surface area (Å²) in [5.74, 6) is -0.199. The molecule has 2 atom stereocenters. The van der Waals surface area contributed by atoms with E-state index in [1.165, 1.54) is 36.2 Å². The number of benzene rings is 1. The molecule has 2 aliphatic heterocycles. The molecule has 0 aliphatic carbocycles. The van der Waals surface area contributed by atoms with Gasteiger partial charge in [-0.05, 0) is 57.2 Å². The Morgan fingerprint density at radius 2 is 2.00 bits per heavy atom. The van der Waals surface area contributed by atoms with E-state index < -0.39 is 10.0 Å². The highest BCUT2D eigenvalue weighted by molar-refractivity contribution is 7.89. The number of carbonyl (C=O) groups is 1. The molecule has 3 rings (SSSR count). The highest BCUT2D eigenvalue weighted by atomic mass is 32.2. The molecule has 2 fully saturated rings. The van der Waals surface area contributed by atoms with Crippen LogP contribution in [0.4, 0.5) is 0 Å². The Morgan fingerprint density at radius 1 is 1.22 bits per heavy atom. The van der Waals surface area contributed by atoms with Crippen molar-refractivity contribution < 1.29 is 18.1 Å². The normalized spacial score (nSPS) is 24.0. The van der Waals surface area contributed by atoms with Crippen LogP contribution in [0.2, 0.25) is 0 Å². The number of hydrogen-bond acceptors (Lipinski definition) is 3. The van der Waals surface area contributed by atoms with Gasteiger partial charge in [0.05, 0.1) is 24.0 Å². The van der Waals surface area contributed by atoms with Crippen LogP contribution in [0, 0.1) is 0 Å². The van der Waals surface area contributed by atoms with Crippen LogP contribution < -0.4 is 10.2 Å². The van der Waals surface area contributed by atoms with E-state index in [0.29, 0.717) is 31.2 Å². The highest BCUT2D eigenvalue weighted by Gasteiger charge is 2.27. The van der Waals surface area contributed by atoms with Crippen molar-refractivity contribution in [2.24, 2.45) is 0 Å². The minimum absolute atomic E-state index is 0.199. The van der Waals surface area contributed by atoms with E-state index in [4.69, 9.17) is 0 Å². The SMILES string of the molecule is C[C@H]1CCCC[NH+]1CCCNC(=O)c1cccc(S(=O)(=O)N2CCCC2)c1. The predicted molar refractivity (Wildman–Crippen MR) is 105 cm³/mol. The van der Waals surface area contributed by atoms with Gasteiger partial charge >= 0.3 is 0 Å². The van der Waals surface area contributed by atoms with Crippen LogP contribution in [0.3, 0.4) is 0 Å². The Balaban J connectivity index is 1.52. The number of carbonyl (C=O) groups excluding carboxylic acids is 1. The summed E-state index contributed by atoms with van der Waals surface area (Å²) in [5.41, 5.74) is 0.411. The van der Waals surface area contributed by atoms with E-state index in [1.54, 1.807) is 23.1 Å². The largest absolute Gasteiger partial charge is 0.352 e. The van der Waals surface area contributed by atoms with E-state index in [1.807, 2.05) is 0 Å². The molecule has 2 heterocycles. The average Bonchev–Trinajstić information content (AvgIpc) is 3.22. The lowest BCUT2D eigenvalue weighted by Crippen LogP contribution is -3.16. The number of rotatable bonds is 7. The molecule has 27 heavy (non-hydrogen) atoms. The van der Waals surface area contributed by atoms with Gasteiger partial charge in [0.2, 0.25) is 10.0 Å². The molecule has 0 aromatic heterocycles. The van der Waals surface area contributed by atoms with Crippen molar-refractivity contribution in [2.45, 2.75) is 56.4 Å². The Hall–Kier alpha value is -1.44. The second kappa shape index (κ2) is 9.17. The summed E-state index contributed by atoms with van der Waals surface area (Å²) in [4.78, 5) is 14.3. The fraction of sp³-hybridized carbons (Fsp3) is 0.650. The monoisotopic (exact) mass is 394 g/mol. The molecule has 0 radical (unpaired) electrons. The molecule has 1 aromatic carbocycles. The van der Waals surface area contributed by atoms with E-state index in [9.17, 15) is 13.2 Å². The van der Waals surface area contributed by atoms with Crippen LogP contribution in [-0.4, -0.2) is 57.4 Å². The van der Waals surface area contributed by atoms with Crippen molar-refractivity contribution in [1.82, 2.24) is 9.62 Å². The number of quaternary nitrogens is 1. The smallest absolute Gasteiger partial charge is 0.251 e. The summed E-state index contributed by atoms with van der Waals surface area (Å²) in [7, 11) is -3.49. The molecule has 0 spiro atoms. The lowest BCUT2D eigenvalue weighted by atomic mass is 10.0. The number of piperidine rings is 1. The molecule has 1 aromatic rings. The first-order valence-electron chi connectivity index (χ1n) is 10.2. The van der Waals surface area contributed by atoms with Crippen molar-refractivity contribution in [1.29, 1.82) is 0 Å². The van der Waals surface area contributed by atoms with Gasteiger partial charge in [0.15, 0.2) is 0 Å². The molecule has 2 saturated heterocycles. The third kappa shape index (κ3) is 5.09. The topological polar surface area (TPSA) is 70.9 Å². The maximum absolute atomic E-state index is 12.7. The molecule has 150 valence electrons. The fourth-order valence-corrected chi connectivity index (χ4v) is 5.68. The number of likely N-dealkylation sites (tertiary alicyclic amines) is 1. The number of sulfonamides is 1. The summed E-state index contributed by atoms with van der Waals surface area (Å²) in [6.07, 6.45) is 6.66. The van der Waals surface area contributed by atoms with Crippen molar-refractivity contribution in [3.63, 3.8) is 0 Å². The van der Waals surface area contributed by atoms with Gasteiger partial charge in [-0.3, -0.25) is 4.79 Å². The molecule has 0 saturated carbocycles. The van der Waals surface area contributed by atoms with E-state index in [-0.39, 0.29) is 10.8 Å². The molecule has 2 N–H and O–H groups in total. The number of amides is 1. The summed E-state index contributed by atoms with van der Waals surface area (Å²) in [6, 6.07) is 7.11. The first-order chi connectivity index (χ1) is 13.0. The van der Waals surface area contributed by atoms with Crippen molar-refractivity contribution in [3.05, 3.63) is 29.8 Å². The van der Waals surface area contributed by atoms with Gasteiger partial charge in [-0.15, -0.1) is 0 Å². The number of nitrogens with one attached hydrogen (secondary N) is 2. The molecule has 6 nitrogen and oxygen atoms in total. The molecule has 1 amide bonds. The van der Waals surface area contributed by atoms with Crippen LogP contribution >= 0.6 is 0 Å². The molecule has 1 unspecified atom stereocenters. The van der Waals surface area contributed by atoms with Gasteiger partial charge in [0.25, 0.3) is 5.91 Å². The zero-order valence-electron chi connectivity index (χ0n) is 16.2. The van der Waals surface area contributed by atoms with Crippen LogP contribution in [-0.2, 0) is 10.0 Å². The van der Waals surface area contributed by atoms with Crippen molar-refractivity contribution in [2.75, 3.05) is 32.7 Å². The van der Waals surface area contributed by atoms with Gasteiger partial charge < -0.3 is 10.2 Å². The van der Waals surface area contributed by atoms with E-state index in [2.05, 4.69) is 12.2 Å². The summed E-state index contributed by atoms with van der Waals surface area (Å²) >= 11 is 0. The zero-order valence-corrected chi connectivity index (χ0v) is 17.1. The van der Waals surface area contributed by atoms with Gasteiger partial charge in [-0.2, -0.15) is 4.31 Å². The van der Waals surface area contributed by atoms with Crippen molar-refractivity contribution >= 4 is 15.9 Å². The fourth-order valence-electron chi connectivity index (χ4n) is 4.12. The minimum atomic E-state index is -3.49. The molecular weight excluding hydrogens is 362 g/mol. The van der Waals surface area contributed by atoms with Gasteiger partial charge in [-0.25, -0.2) is 8.42 Å². The Kier molecular flexibility index (Phi) is 6.89. The Labute approximate surface area is 163 Å². The van der Waals surface area contributed by atoms with E-state index in [0.717, 1.165) is 25.8 Å². The van der Waals surface area contributed by atoms with Crippen LogP contribution in [0.15, 0.2) is 29.2 Å². The van der Waals surface area contributed by atoms with Gasteiger partial charge in [0, 0.05) is 31.6 Å². The lowest BCUT2D eigenvalue weighted by Gasteiger charge is -2.30. The average molecular weight is 395 g/mol. The summed E-state index contributed by atoms with van der Waals surface area (Å²) < 4.78 is 26.8. The van der Waals surface area contributed by atoms with E-state index >= 15 is 0 Å². The Morgan fingerprint density at radius 3 is 2.74 bits per heavy atom. The third-order valence-electron chi connectivity index (χ3n) is 5.84. The van der Waals surface area contributed by atoms with Crippen LogP contribution in [0.1, 0.15) is 55.8 Å². The second-order valence-electron chi connectivity index (χ2n) is 7.80. The minimum Gasteiger partial charge on any atom is -0.352 e.